The van der Waals surface area contributed by atoms with Gasteiger partial charge in [-0.15, -0.1) is 0 Å². The first-order valence-electron chi connectivity index (χ1n) is 11.7. The molecule has 33 heavy (non-hydrogen) atoms. The van der Waals surface area contributed by atoms with Crippen molar-refractivity contribution < 1.29 is 13.9 Å². The molecule has 1 aromatic heterocycles. The Bertz CT molecular complexity index is 1050. The molecule has 8 heteroatoms. The summed E-state index contributed by atoms with van der Waals surface area (Å²) < 4.78 is 20.0. The molecule has 4 rings (SSSR count). The van der Waals surface area contributed by atoms with Crippen molar-refractivity contribution in [3.63, 3.8) is 0 Å². The minimum atomic E-state index is -0.226. The Labute approximate surface area is 198 Å². The Kier molecular flexibility index (Phi) is 8.12. The number of hydrogen-bond donors (Lipinski definition) is 1. The summed E-state index contributed by atoms with van der Waals surface area (Å²) in [5.74, 6) is 0.517. The topological polar surface area (TPSA) is 57.7 Å². The molecule has 6 nitrogen and oxygen atoms in total. The number of benzene rings is 2. The van der Waals surface area contributed by atoms with Crippen LogP contribution >= 0.6 is 11.3 Å². The van der Waals surface area contributed by atoms with Crippen LogP contribution in [-0.4, -0.2) is 61.7 Å². The molecule has 0 unspecified atom stereocenters. The summed E-state index contributed by atoms with van der Waals surface area (Å²) in [6.45, 7) is 7.85. The van der Waals surface area contributed by atoms with Gasteiger partial charge in [0.15, 0.2) is 5.13 Å². The lowest BCUT2D eigenvalue weighted by atomic mass is 10.2. The monoisotopic (exact) mass is 470 g/mol. The number of nitrogens with zero attached hydrogens (tertiary/aromatic N) is 3. The summed E-state index contributed by atoms with van der Waals surface area (Å²) in [6.07, 6.45) is 3.38. The number of amides is 1. The molecule has 0 spiro atoms. The van der Waals surface area contributed by atoms with Gasteiger partial charge in [0.05, 0.1) is 16.8 Å². The van der Waals surface area contributed by atoms with Gasteiger partial charge in [-0.2, -0.15) is 0 Å². The van der Waals surface area contributed by atoms with Crippen molar-refractivity contribution in [2.45, 2.75) is 26.2 Å². The third-order valence-electron chi connectivity index (χ3n) is 5.83. The van der Waals surface area contributed by atoms with Crippen molar-refractivity contribution in [1.82, 2.24) is 15.2 Å². The van der Waals surface area contributed by atoms with Crippen LogP contribution in [0.15, 0.2) is 42.5 Å². The SMILES string of the molecule is CCCCCOc1ccc(C(=O)NCCN2CCN(c3nc4ccc(F)cc4s3)CC2)cc1. The van der Waals surface area contributed by atoms with E-state index in [9.17, 15) is 9.18 Å². The fraction of sp³-hybridized carbons (Fsp3) is 0.440. The van der Waals surface area contributed by atoms with Crippen LogP contribution in [0.3, 0.4) is 0 Å². The average Bonchev–Trinajstić information content (AvgIpc) is 3.26. The molecule has 0 radical (unpaired) electrons. The fourth-order valence-electron chi connectivity index (χ4n) is 3.86. The summed E-state index contributed by atoms with van der Waals surface area (Å²) in [7, 11) is 0. The number of hydrogen-bond acceptors (Lipinski definition) is 6. The van der Waals surface area contributed by atoms with Crippen LogP contribution in [-0.2, 0) is 0 Å². The van der Waals surface area contributed by atoms with Crippen LogP contribution in [0.4, 0.5) is 9.52 Å². The van der Waals surface area contributed by atoms with E-state index in [1.807, 2.05) is 24.3 Å². The lowest BCUT2D eigenvalue weighted by Crippen LogP contribution is -2.48. The molecule has 2 aromatic carbocycles. The van der Waals surface area contributed by atoms with Gasteiger partial charge in [0.25, 0.3) is 5.91 Å². The maximum atomic E-state index is 13.4. The van der Waals surface area contributed by atoms with Crippen molar-refractivity contribution in [3.05, 3.63) is 53.8 Å². The highest BCUT2D eigenvalue weighted by Gasteiger charge is 2.20. The van der Waals surface area contributed by atoms with E-state index in [1.165, 1.54) is 30.2 Å². The van der Waals surface area contributed by atoms with E-state index in [4.69, 9.17) is 4.74 Å². The van der Waals surface area contributed by atoms with Crippen LogP contribution in [0, 0.1) is 5.82 Å². The summed E-state index contributed by atoms with van der Waals surface area (Å²) in [6, 6.07) is 12.1. The molecule has 3 aromatic rings. The fourth-order valence-corrected chi connectivity index (χ4v) is 4.90. The Balaban J connectivity index is 1.17. The van der Waals surface area contributed by atoms with E-state index in [1.54, 1.807) is 12.1 Å². The maximum Gasteiger partial charge on any atom is 0.251 e. The third-order valence-corrected chi connectivity index (χ3v) is 6.91. The Morgan fingerprint density at radius 1 is 1.12 bits per heavy atom. The van der Waals surface area contributed by atoms with E-state index >= 15 is 0 Å². The van der Waals surface area contributed by atoms with E-state index in [0.717, 1.165) is 60.2 Å². The van der Waals surface area contributed by atoms with Crippen LogP contribution < -0.4 is 15.0 Å². The number of carbonyl (C=O) groups is 1. The summed E-state index contributed by atoms with van der Waals surface area (Å²) >= 11 is 1.54. The lowest BCUT2D eigenvalue weighted by molar-refractivity contribution is 0.0947. The minimum absolute atomic E-state index is 0.0622. The zero-order valence-corrected chi connectivity index (χ0v) is 19.9. The number of anilines is 1. The van der Waals surface area contributed by atoms with Crippen molar-refractivity contribution in [2.24, 2.45) is 0 Å². The molecule has 2 heterocycles. The van der Waals surface area contributed by atoms with Gasteiger partial charge in [0, 0.05) is 44.8 Å². The average molecular weight is 471 g/mol. The number of carbonyl (C=O) groups excluding carboxylic acids is 1. The standard InChI is InChI=1S/C25H31FN4O2S/c1-2-3-4-17-32-21-8-5-19(6-9-21)24(31)27-11-12-29-13-15-30(16-14-29)25-28-22-10-7-20(26)18-23(22)33-25/h5-10,18H,2-4,11-17H2,1H3,(H,27,31). The van der Waals surface area contributed by atoms with Gasteiger partial charge >= 0.3 is 0 Å². The zero-order chi connectivity index (χ0) is 23.0. The zero-order valence-electron chi connectivity index (χ0n) is 19.1. The first-order chi connectivity index (χ1) is 16.1. The van der Waals surface area contributed by atoms with Crippen LogP contribution in [0.1, 0.15) is 36.5 Å². The van der Waals surface area contributed by atoms with E-state index in [-0.39, 0.29) is 11.7 Å². The number of fused-ring (bicyclic) bond motifs is 1. The first-order valence-corrected chi connectivity index (χ1v) is 12.5. The molecule has 0 bridgehead atoms. The smallest absolute Gasteiger partial charge is 0.251 e. The number of aromatic nitrogens is 1. The highest BCUT2D eigenvalue weighted by atomic mass is 32.1. The van der Waals surface area contributed by atoms with Gasteiger partial charge in [-0.1, -0.05) is 31.1 Å². The van der Waals surface area contributed by atoms with Crippen molar-refractivity contribution >= 4 is 32.6 Å². The van der Waals surface area contributed by atoms with Crippen molar-refractivity contribution in [3.8, 4) is 5.75 Å². The quantitative estimate of drug-likeness (QED) is 0.441. The van der Waals surface area contributed by atoms with E-state index in [2.05, 4.69) is 27.0 Å². The molecule has 1 aliphatic heterocycles. The summed E-state index contributed by atoms with van der Waals surface area (Å²) in [5.41, 5.74) is 1.49. The second-order valence-electron chi connectivity index (χ2n) is 8.27. The second kappa shape index (κ2) is 11.4. The number of thiazole rings is 1. The second-order valence-corrected chi connectivity index (χ2v) is 9.28. The minimum Gasteiger partial charge on any atom is -0.494 e. The Morgan fingerprint density at radius 3 is 2.67 bits per heavy atom. The van der Waals surface area contributed by atoms with Gasteiger partial charge in [-0.25, -0.2) is 9.37 Å². The van der Waals surface area contributed by atoms with Crippen LogP contribution in [0.5, 0.6) is 5.75 Å². The van der Waals surface area contributed by atoms with Gasteiger partial charge in [0.1, 0.15) is 11.6 Å². The van der Waals surface area contributed by atoms with Gasteiger partial charge in [-0.3, -0.25) is 9.69 Å². The normalized spacial score (nSPS) is 14.5. The Hall–Kier alpha value is -2.71. The largest absolute Gasteiger partial charge is 0.494 e. The predicted octanol–water partition coefficient (Wildman–Crippen LogP) is 4.56. The molecule has 0 aliphatic carbocycles. The summed E-state index contributed by atoms with van der Waals surface area (Å²) in [4.78, 5) is 21.7. The molecule has 1 aliphatic rings. The number of rotatable bonds is 10. The highest BCUT2D eigenvalue weighted by Crippen LogP contribution is 2.29. The van der Waals surface area contributed by atoms with Crippen molar-refractivity contribution in [2.75, 3.05) is 50.8 Å². The molecule has 1 fully saturated rings. The van der Waals surface area contributed by atoms with Crippen molar-refractivity contribution in [1.29, 1.82) is 0 Å². The third kappa shape index (κ3) is 6.42. The molecule has 0 saturated carbocycles. The van der Waals surface area contributed by atoms with Gasteiger partial charge < -0.3 is 15.0 Å². The van der Waals surface area contributed by atoms with E-state index in [0.29, 0.717) is 18.7 Å². The maximum absolute atomic E-state index is 13.4. The number of nitrogens with one attached hydrogen (secondary N) is 1. The van der Waals surface area contributed by atoms with E-state index < -0.39 is 0 Å². The number of ether oxygens (including phenoxy) is 1. The Morgan fingerprint density at radius 2 is 1.91 bits per heavy atom. The van der Waals surface area contributed by atoms with Crippen LogP contribution in [0.2, 0.25) is 0 Å². The van der Waals surface area contributed by atoms with Gasteiger partial charge in [-0.05, 0) is 48.9 Å². The number of unbranched alkanes of at least 4 members (excludes halogenated alkanes) is 2. The highest BCUT2D eigenvalue weighted by molar-refractivity contribution is 7.22. The molecule has 1 amide bonds. The number of halogens is 1. The molecule has 1 N–H and O–H groups in total. The van der Waals surface area contributed by atoms with Crippen LogP contribution in [0.25, 0.3) is 10.2 Å². The lowest BCUT2D eigenvalue weighted by Gasteiger charge is -2.34. The molecule has 0 atom stereocenters. The van der Waals surface area contributed by atoms with Gasteiger partial charge in [0.2, 0.25) is 0 Å². The molecule has 1 saturated heterocycles. The molecular formula is C25H31FN4O2S. The predicted molar refractivity (Wildman–Crippen MR) is 132 cm³/mol. The first kappa shape index (κ1) is 23.4. The number of piperazine rings is 1. The summed E-state index contributed by atoms with van der Waals surface area (Å²) in [5, 5.41) is 3.96. The molecule has 176 valence electrons. The molecular weight excluding hydrogens is 439 g/mol.